The summed E-state index contributed by atoms with van der Waals surface area (Å²) in [6.45, 7) is 8.49. The number of unbranched alkanes of at least 4 members (excludes halogenated alkanes) is 1. The fourth-order valence-electron chi connectivity index (χ4n) is 3.17. The maximum atomic E-state index is 13.2. The van der Waals surface area contributed by atoms with E-state index in [0.29, 0.717) is 33.8 Å². The summed E-state index contributed by atoms with van der Waals surface area (Å²) >= 11 is 15.9. The molecule has 1 N–H and O–H groups in total. The Morgan fingerprint density at radius 3 is 2.45 bits per heavy atom. The lowest BCUT2D eigenvalue weighted by Gasteiger charge is -2.29. The molecule has 0 radical (unpaired) electrons. The first kappa shape index (κ1) is 27.5. The lowest BCUT2D eigenvalue weighted by Crippen LogP contribution is -2.49. The molecule has 0 spiro atoms. The van der Waals surface area contributed by atoms with Crippen LogP contribution in [0.1, 0.15) is 57.6 Å². The zero-order valence-electron chi connectivity index (χ0n) is 19.5. The smallest absolute Gasteiger partial charge is 0.261 e. The first-order valence-electron chi connectivity index (χ1n) is 11.1. The molecule has 0 saturated carbocycles. The molecule has 180 valence electrons. The summed E-state index contributed by atoms with van der Waals surface area (Å²) in [5.74, 6) is 0.407. The van der Waals surface area contributed by atoms with Crippen molar-refractivity contribution in [2.75, 3.05) is 13.2 Å². The Bertz CT molecular complexity index is 969. The number of rotatable bonds is 11. The van der Waals surface area contributed by atoms with E-state index < -0.39 is 6.04 Å². The van der Waals surface area contributed by atoms with Crippen LogP contribution in [0.5, 0.6) is 5.75 Å². The van der Waals surface area contributed by atoms with Gasteiger partial charge in [-0.25, -0.2) is 0 Å². The molecule has 0 aliphatic rings. The van der Waals surface area contributed by atoms with Gasteiger partial charge in [-0.2, -0.15) is 0 Å². The molecule has 8 heteroatoms. The molecular formula is C25H31BrCl2N2O3. The number of ether oxygens (including phenoxy) is 1. The van der Waals surface area contributed by atoms with Gasteiger partial charge in [-0.3, -0.25) is 9.59 Å². The van der Waals surface area contributed by atoms with E-state index in [2.05, 4.69) is 42.0 Å². The predicted molar refractivity (Wildman–Crippen MR) is 138 cm³/mol. The van der Waals surface area contributed by atoms with E-state index in [4.69, 9.17) is 27.9 Å². The van der Waals surface area contributed by atoms with Crippen molar-refractivity contribution < 1.29 is 14.3 Å². The van der Waals surface area contributed by atoms with Crippen molar-refractivity contribution in [3.8, 4) is 5.75 Å². The lowest BCUT2D eigenvalue weighted by atomic mass is 10.0. The van der Waals surface area contributed by atoms with Crippen LogP contribution >= 0.6 is 39.1 Å². The van der Waals surface area contributed by atoms with Gasteiger partial charge < -0.3 is 15.0 Å². The molecule has 2 amide bonds. The van der Waals surface area contributed by atoms with Crippen LogP contribution in [0.25, 0.3) is 0 Å². The highest BCUT2D eigenvalue weighted by molar-refractivity contribution is 9.10. The minimum atomic E-state index is -0.698. The van der Waals surface area contributed by atoms with Crippen molar-refractivity contribution in [3.05, 3.63) is 62.0 Å². The largest absolute Gasteiger partial charge is 0.483 e. The molecule has 2 aromatic carbocycles. The maximum absolute atomic E-state index is 13.2. The average Bonchev–Trinajstić information content (AvgIpc) is 2.77. The van der Waals surface area contributed by atoms with Crippen molar-refractivity contribution in [1.82, 2.24) is 10.2 Å². The number of hydrogen-bond acceptors (Lipinski definition) is 3. The summed E-state index contributed by atoms with van der Waals surface area (Å²) in [5, 5.41) is 3.83. The van der Waals surface area contributed by atoms with Crippen molar-refractivity contribution in [3.63, 3.8) is 0 Å². The average molecular weight is 558 g/mol. The van der Waals surface area contributed by atoms with Crippen LogP contribution in [0.4, 0.5) is 0 Å². The second-order valence-electron chi connectivity index (χ2n) is 8.21. The van der Waals surface area contributed by atoms with E-state index in [9.17, 15) is 9.59 Å². The Kier molecular flexibility index (Phi) is 11.0. The molecule has 0 aliphatic carbocycles. The maximum Gasteiger partial charge on any atom is 0.261 e. The molecule has 0 saturated heterocycles. The second-order valence-corrected chi connectivity index (χ2v) is 9.91. The zero-order valence-corrected chi connectivity index (χ0v) is 22.6. The van der Waals surface area contributed by atoms with Crippen molar-refractivity contribution in [1.29, 1.82) is 0 Å². The minimum Gasteiger partial charge on any atom is -0.483 e. The molecule has 1 atom stereocenters. The number of carbonyl (C=O) groups is 2. The fraction of sp³-hybridized carbons (Fsp3) is 0.440. The van der Waals surface area contributed by atoms with Crippen molar-refractivity contribution >= 4 is 50.9 Å². The fourth-order valence-corrected chi connectivity index (χ4v) is 4.15. The topological polar surface area (TPSA) is 58.6 Å². The van der Waals surface area contributed by atoms with Gasteiger partial charge >= 0.3 is 0 Å². The highest BCUT2D eigenvalue weighted by Gasteiger charge is 2.27. The van der Waals surface area contributed by atoms with E-state index in [1.165, 1.54) is 4.90 Å². The standard InChI is InChI=1S/C25H31BrCl2N2O3/c1-5-6-11-29-25(32)17(4)30(14-19-7-9-20(27)13-22(19)28)24(31)15-33-23-10-8-18(16(2)3)12-21(23)26/h7-10,12-13,16-17H,5-6,11,14-15H2,1-4H3,(H,29,32)/t17-/m0/s1. The Labute approximate surface area is 214 Å². The van der Waals surface area contributed by atoms with Gasteiger partial charge in [0.25, 0.3) is 5.91 Å². The molecule has 0 unspecified atom stereocenters. The molecule has 0 aromatic heterocycles. The Hall–Kier alpha value is -1.76. The summed E-state index contributed by atoms with van der Waals surface area (Å²) in [4.78, 5) is 27.4. The number of benzene rings is 2. The Morgan fingerprint density at radius 1 is 1.12 bits per heavy atom. The first-order valence-corrected chi connectivity index (χ1v) is 12.6. The van der Waals surface area contributed by atoms with Gasteiger partial charge in [-0.15, -0.1) is 0 Å². The molecule has 0 aliphatic heterocycles. The summed E-state index contributed by atoms with van der Waals surface area (Å²) in [6, 6.07) is 10.2. The van der Waals surface area contributed by atoms with Gasteiger partial charge in [0.1, 0.15) is 11.8 Å². The van der Waals surface area contributed by atoms with Crippen LogP contribution in [0.2, 0.25) is 10.0 Å². The number of amides is 2. The van der Waals surface area contributed by atoms with E-state index in [-0.39, 0.29) is 25.0 Å². The molecule has 2 aromatic rings. The molecule has 5 nitrogen and oxygen atoms in total. The Morgan fingerprint density at radius 2 is 1.85 bits per heavy atom. The van der Waals surface area contributed by atoms with Crippen molar-refractivity contribution in [2.24, 2.45) is 0 Å². The number of carbonyl (C=O) groups excluding carboxylic acids is 2. The number of nitrogens with one attached hydrogen (secondary N) is 1. The molecule has 33 heavy (non-hydrogen) atoms. The highest BCUT2D eigenvalue weighted by atomic mass is 79.9. The summed E-state index contributed by atoms with van der Waals surface area (Å²) in [5.41, 5.74) is 1.86. The van der Waals surface area contributed by atoms with Gasteiger partial charge in [0.05, 0.1) is 4.47 Å². The minimum absolute atomic E-state index is 0.161. The zero-order chi connectivity index (χ0) is 24.5. The molecular weight excluding hydrogens is 527 g/mol. The first-order chi connectivity index (χ1) is 15.6. The van der Waals surface area contributed by atoms with Crippen LogP contribution in [0.3, 0.4) is 0 Å². The molecule has 2 rings (SSSR count). The van der Waals surface area contributed by atoms with Crippen molar-refractivity contribution in [2.45, 2.75) is 59.0 Å². The van der Waals surface area contributed by atoms with E-state index >= 15 is 0 Å². The van der Waals surface area contributed by atoms with Crippen LogP contribution in [0, 0.1) is 0 Å². The molecule has 0 bridgehead atoms. The monoisotopic (exact) mass is 556 g/mol. The quantitative estimate of drug-likeness (QED) is 0.317. The van der Waals surface area contributed by atoms with E-state index in [1.54, 1.807) is 25.1 Å². The van der Waals surface area contributed by atoms with E-state index in [1.807, 2.05) is 18.2 Å². The Balaban J connectivity index is 2.18. The van der Waals surface area contributed by atoms with Crippen LogP contribution < -0.4 is 10.1 Å². The lowest BCUT2D eigenvalue weighted by molar-refractivity contribution is -0.142. The molecule has 0 fully saturated rings. The summed E-state index contributed by atoms with van der Waals surface area (Å²) < 4.78 is 6.58. The van der Waals surface area contributed by atoms with Gasteiger partial charge in [0.2, 0.25) is 5.91 Å². The number of hydrogen-bond donors (Lipinski definition) is 1. The van der Waals surface area contributed by atoms with Gasteiger partial charge in [-0.05, 0) is 70.6 Å². The third-order valence-electron chi connectivity index (χ3n) is 5.33. The third kappa shape index (κ3) is 8.20. The predicted octanol–water partition coefficient (Wildman–Crippen LogP) is 6.59. The third-order valence-corrected chi connectivity index (χ3v) is 6.53. The van der Waals surface area contributed by atoms with Crippen LogP contribution in [0.15, 0.2) is 40.9 Å². The SMILES string of the molecule is CCCCNC(=O)[C@H](C)N(Cc1ccc(Cl)cc1Cl)C(=O)COc1ccc(C(C)C)cc1Br. The number of nitrogens with zero attached hydrogens (tertiary/aromatic N) is 1. The van der Waals surface area contributed by atoms with Gasteiger partial charge in [-0.1, -0.05) is 62.5 Å². The van der Waals surface area contributed by atoms with Gasteiger partial charge in [0.15, 0.2) is 6.61 Å². The van der Waals surface area contributed by atoms with E-state index in [0.717, 1.165) is 22.9 Å². The highest BCUT2D eigenvalue weighted by Crippen LogP contribution is 2.29. The normalized spacial score (nSPS) is 11.9. The van der Waals surface area contributed by atoms with Crippen LogP contribution in [-0.4, -0.2) is 35.9 Å². The number of halogens is 3. The van der Waals surface area contributed by atoms with Gasteiger partial charge in [0, 0.05) is 23.1 Å². The summed E-state index contributed by atoms with van der Waals surface area (Å²) in [6.07, 6.45) is 1.84. The summed E-state index contributed by atoms with van der Waals surface area (Å²) in [7, 11) is 0. The van der Waals surface area contributed by atoms with Crippen LogP contribution in [-0.2, 0) is 16.1 Å². The second kappa shape index (κ2) is 13.2. The molecule has 0 heterocycles.